The topological polar surface area (TPSA) is 97.0 Å². The second kappa shape index (κ2) is 16.0. The van der Waals surface area contributed by atoms with Crippen LogP contribution in [0.15, 0.2) is 97.1 Å². The number of ether oxygens (including phenoxy) is 2. The Morgan fingerprint density at radius 1 is 0.900 bits per heavy atom. The summed E-state index contributed by atoms with van der Waals surface area (Å²) in [5.74, 6) is -1.16. The Morgan fingerprint density at radius 3 is 2.20 bits per heavy atom. The number of rotatable bonds is 12. The third kappa shape index (κ3) is 9.09. The number of amides is 2. The molecule has 8 nitrogen and oxygen atoms in total. The molecule has 0 aromatic heterocycles. The predicted molar refractivity (Wildman–Crippen MR) is 183 cm³/mol. The number of hydrogen-bond donors (Lipinski definition) is 2. The number of halogens is 3. The second-order valence-electron chi connectivity index (χ2n) is 12.5. The van der Waals surface area contributed by atoms with Gasteiger partial charge in [-0.3, -0.25) is 9.59 Å². The van der Waals surface area contributed by atoms with Gasteiger partial charge in [-0.1, -0.05) is 72.8 Å². The van der Waals surface area contributed by atoms with Crippen LogP contribution in [0, 0.1) is 0 Å². The molecule has 2 N–H and O–H groups in total. The first-order chi connectivity index (χ1) is 23.9. The Kier molecular flexibility index (Phi) is 11.6. The van der Waals surface area contributed by atoms with Gasteiger partial charge >= 0.3 is 12.1 Å². The average Bonchev–Trinajstić information content (AvgIpc) is 3.11. The summed E-state index contributed by atoms with van der Waals surface area (Å²) in [6, 6.07) is 25.3. The van der Waals surface area contributed by atoms with E-state index in [9.17, 15) is 27.6 Å². The van der Waals surface area contributed by atoms with Gasteiger partial charge in [0.2, 0.25) is 11.8 Å². The molecule has 0 aliphatic carbocycles. The smallest absolute Gasteiger partial charge is 0.416 e. The molecule has 0 saturated heterocycles. The fourth-order valence-electron chi connectivity index (χ4n) is 5.97. The molecule has 2 amide bonds. The normalized spacial score (nSPS) is 14.7. The number of carbonyl (C=O) groups is 3. The van der Waals surface area contributed by atoms with Crippen molar-refractivity contribution in [2.75, 3.05) is 20.2 Å². The largest absolute Gasteiger partial charge is 0.489 e. The average molecular weight is 688 g/mol. The maximum Gasteiger partial charge on any atom is 0.416 e. The minimum Gasteiger partial charge on any atom is -0.489 e. The van der Waals surface area contributed by atoms with Crippen LogP contribution in [0.1, 0.15) is 47.7 Å². The van der Waals surface area contributed by atoms with Crippen LogP contribution in [0.4, 0.5) is 13.2 Å². The summed E-state index contributed by atoms with van der Waals surface area (Å²) in [5, 5.41) is 6.07. The summed E-state index contributed by atoms with van der Waals surface area (Å²) >= 11 is 0. The highest BCUT2D eigenvalue weighted by Gasteiger charge is 2.38. The minimum atomic E-state index is -4.43. The molecule has 262 valence electrons. The van der Waals surface area contributed by atoms with Gasteiger partial charge in [-0.2, -0.15) is 13.2 Å². The van der Waals surface area contributed by atoms with Crippen molar-refractivity contribution in [3.63, 3.8) is 0 Å². The number of carbonyl (C=O) groups excluding carboxylic acids is 3. The summed E-state index contributed by atoms with van der Waals surface area (Å²) in [5.41, 5.74) is 4.11. The van der Waals surface area contributed by atoms with Gasteiger partial charge in [0.25, 0.3) is 0 Å². The van der Waals surface area contributed by atoms with Gasteiger partial charge in [0.1, 0.15) is 31.0 Å². The van der Waals surface area contributed by atoms with Crippen LogP contribution in [0.5, 0.6) is 5.75 Å². The highest BCUT2D eigenvalue weighted by Crippen LogP contribution is 2.32. The summed E-state index contributed by atoms with van der Waals surface area (Å²) in [6.45, 7) is 3.72. The van der Waals surface area contributed by atoms with Gasteiger partial charge in [0.15, 0.2) is 0 Å². The number of esters is 1. The molecule has 4 aromatic carbocycles. The number of hydrogen-bond acceptors (Lipinski definition) is 6. The van der Waals surface area contributed by atoms with E-state index in [2.05, 4.69) is 10.6 Å². The quantitative estimate of drug-likeness (QED) is 0.171. The van der Waals surface area contributed by atoms with Crippen molar-refractivity contribution in [2.24, 2.45) is 0 Å². The van der Waals surface area contributed by atoms with Crippen molar-refractivity contribution in [3.05, 3.63) is 125 Å². The van der Waals surface area contributed by atoms with Crippen molar-refractivity contribution < 1.29 is 37.0 Å². The Hall–Kier alpha value is -5.16. The number of alkyl halides is 3. The molecule has 2 atom stereocenters. The van der Waals surface area contributed by atoms with Crippen molar-refractivity contribution in [1.29, 1.82) is 0 Å². The van der Waals surface area contributed by atoms with Gasteiger partial charge < -0.3 is 25.0 Å². The van der Waals surface area contributed by atoms with Crippen LogP contribution < -0.4 is 15.4 Å². The molecule has 0 fully saturated rings. The molecule has 50 heavy (non-hydrogen) atoms. The third-order valence-electron chi connectivity index (χ3n) is 8.49. The van der Waals surface area contributed by atoms with Crippen LogP contribution in [0.3, 0.4) is 0 Å². The van der Waals surface area contributed by atoms with Crippen LogP contribution in [0.2, 0.25) is 0 Å². The fourth-order valence-corrected chi connectivity index (χ4v) is 5.97. The minimum absolute atomic E-state index is 0.0118. The number of benzene rings is 4. The fraction of sp³-hybridized carbons (Fsp3) is 0.308. The van der Waals surface area contributed by atoms with Gasteiger partial charge in [-0.05, 0) is 77.9 Å². The monoisotopic (exact) mass is 687 g/mol. The van der Waals surface area contributed by atoms with Crippen LogP contribution in [-0.4, -0.2) is 55.0 Å². The van der Waals surface area contributed by atoms with Gasteiger partial charge in [-0.25, -0.2) is 4.79 Å². The summed E-state index contributed by atoms with van der Waals surface area (Å²) in [7, 11) is 1.25. The van der Waals surface area contributed by atoms with E-state index in [1.807, 2.05) is 60.7 Å². The molecule has 11 heteroatoms. The van der Waals surface area contributed by atoms with Crippen LogP contribution in [-0.2, 0) is 44.7 Å². The maximum absolute atomic E-state index is 14.5. The Labute approximate surface area is 289 Å². The zero-order valence-corrected chi connectivity index (χ0v) is 28.1. The molecule has 0 spiro atoms. The molecule has 0 bridgehead atoms. The van der Waals surface area contributed by atoms with Crippen molar-refractivity contribution in [1.82, 2.24) is 15.5 Å². The number of nitrogens with zero attached hydrogens (tertiary/aromatic N) is 1. The molecular weight excluding hydrogens is 647 g/mol. The zero-order chi connectivity index (χ0) is 35.8. The first kappa shape index (κ1) is 36.1. The highest BCUT2D eigenvalue weighted by molar-refractivity contribution is 5.93. The van der Waals surface area contributed by atoms with Crippen LogP contribution in [0.25, 0.3) is 11.1 Å². The second-order valence-corrected chi connectivity index (χ2v) is 12.5. The molecule has 4 aromatic rings. The SMILES string of the molecule is COC(=O)[C@H](Cc1ccc(-c2ccccc2)cc1)N(CC(=O)NC(C)C)C(=O)C1NCCc2ccc(OCc3ccc(C(F)(F)F)cc3)cc21. The van der Waals surface area contributed by atoms with E-state index in [0.717, 1.165) is 34.4 Å². The molecule has 1 heterocycles. The van der Waals surface area contributed by atoms with Gasteiger partial charge in [0, 0.05) is 19.0 Å². The molecule has 5 rings (SSSR count). The molecule has 0 saturated carbocycles. The van der Waals surface area contributed by atoms with Crippen molar-refractivity contribution in [3.8, 4) is 16.9 Å². The lowest BCUT2D eigenvalue weighted by Gasteiger charge is -2.35. The zero-order valence-electron chi connectivity index (χ0n) is 28.1. The summed E-state index contributed by atoms with van der Waals surface area (Å²) < 4.78 is 50.1. The van der Waals surface area contributed by atoms with E-state index >= 15 is 0 Å². The lowest BCUT2D eigenvalue weighted by atomic mass is 9.92. The Balaban J connectivity index is 1.41. The molecule has 0 radical (unpaired) electrons. The van der Waals surface area contributed by atoms with Crippen molar-refractivity contribution in [2.45, 2.75) is 57.6 Å². The number of nitrogens with one attached hydrogen (secondary N) is 2. The molecule has 1 unspecified atom stereocenters. The number of fused-ring (bicyclic) bond motifs is 1. The standard InChI is InChI=1S/C39H40F3N3O5/c1-25(2)44-35(46)23-45(34(38(48)49-3)21-26-9-13-29(14-10-26)28-7-5-4-6-8-28)37(47)36-33-22-32(18-15-30(33)19-20-43-36)50-24-27-11-16-31(17-12-27)39(40,41)42/h4-18,22,25,34,36,43H,19-21,23-24H2,1-3H3,(H,44,46)/t34-,36?/m0/s1. The van der Waals surface area contributed by atoms with E-state index in [4.69, 9.17) is 9.47 Å². The maximum atomic E-state index is 14.5. The summed E-state index contributed by atoms with van der Waals surface area (Å²) in [6.07, 6.45) is -3.70. The first-order valence-corrected chi connectivity index (χ1v) is 16.4. The van der Waals surface area contributed by atoms with E-state index in [0.29, 0.717) is 29.8 Å². The van der Waals surface area contributed by atoms with Crippen LogP contribution >= 0.6 is 0 Å². The lowest BCUT2D eigenvalue weighted by molar-refractivity contribution is -0.155. The Morgan fingerprint density at radius 2 is 1.56 bits per heavy atom. The van der Waals surface area contributed by atoms with Gasteiger partial charge in [0.05, 0.1) is 12.7 Å². The van der Waals surface area contributed by atoms with E-state index in [1.54, 1.807) is 26.0 Å². The van der Waals surface area contributed by atoms with Crippen molar-refractivity contribution >= 4 is 17.8 Å². The van der Waals surface area contributed by atoms with E-state index < -0.39 is 41.6 Å². The third-order valence-corrected chi connectivity index (χ3v) is 8.49. The molecule has 1 aliphatic heterocycles. The van der Waals surface area contributed by atoms with E-state index in [1.165, 1.54) is 24.1 Å². The first-order valence-electron chi connectivity index (χ1n) is 16.4. The Bertz CT molecular complexity index is 1780. The van der Waals surface area contributed by atoms with E-state index in [-0.39, 0.29) is 25.6 Å². The number of methoxy groups -OCH3 is 1. The molecule has 1 aliphatic rings. The van der Waals surface area contributed by atoms with Gasteiger partial charge in [-0.15, -0.1) is 0 Å². The lowest BCUT2D eigenvalue weighted by Crippen LogP contribution is -2.55. The summed E-state index contributed by atoms with van der Waals surface area (Å²) in [4.78, 5) is 42.3. The molecular formula is C39H40F3N3O5. The highest BCUT2D eigenvalue weighted by atomic mass is 19.4. The predicted octanol–water partition coefficient (Wildman–Crippen LogP) is 6.28.